The van der Waals surface area contributed by atoms with E-state index >= 15 is 0 Å². The number of methoxy groups -OCH3 is 1. The van der Waals surface area contributed by atoms with E-state index in [-0.39, 0.29) is 23.6 Å². The molecule has 2 unspecified atom stereocenters. The first-order valence-electron chi connectivity index (χ1n) is 11.7. The molecule has 12 heteroatoms. The summed E-state index contributed by atoms with van der Waals surface area (Å²) in [7, 11) is 1.52. The predicted molar refractivity (Wildman–Crippen MR) is 136 cm³/mol. The van der Waals surface area contributed by atoms with E-state index in [1.54, 1.807) is 28.0 Å². The molecule has 2 atom stereocenters. The van der Waals surface area contributed by atoms with Gasteiger partial charge >= 0.3 is 12.4 Å². The van der Waals surface area contributed by atoms with E-state index in [2.05, 4.69) is 16.3 Å². The molecule has 1 aromatic heterocycles. The Morgan fingerprint density at radius 1 is 1.14 bits per heavy atom. The molecule has 2 aromatic rings. The van der Waals surface area contributed by atoms with Crippen molar-refractivity contribution in [2.24, 2.45) is 10.9 Å². The number of halogens is 4. The fraction of sp³-hybridized carbons (Fsp3) is 0.440. The van der Waals surface area contributed by atoms with Crippen LogP contribution in [0.2, 0.25) is 4.34 Å². The summed E-state index contributed by atoms with van der Waals surface area (Å²) in [5.74, 6) is -0.286. The second-order valence-corrected chi connectivity index (χ2v) is 10.5. The number of hydrogen-bond acceptors (Lipinski definition) is 6. The molecule has 2 aliphatic heterocycles. The summed E-state index contributed by atoms with van der Waals surface area (Å²) in [4.78, 5) is 22.3. The van der Waals surface area contributed by atoms with Gasteiger partial charge in [0.05, 0.1) is 41.2 Å². The lowest BCUT2D eigenvalue weighted by Gasteiger charge is -2.41. The molecule has 0 bridgehead atoms. The summed E-state index contributed by atoms with van der Waals surface area (Å²) in [5, 5.41) is 0. The number of nitrogens with zero attached hydrogens (tertiary/aromatic N) is 3. The van der Waals surface area contributed by atoms with Gasteiger partial charge in [-0.1, -0.05) is 30.3 Å². The van der Waals surface area contributed by atoms with E-state index in [1.807, 2.05) is 6.07 Å². The SMILES string of the molecule is C=C(N=C(OC)C1CC(c2ccc(OC(F)(F)F)cc2)CN(C(=O)N2CCOCC2)C1)c1ccc(Cl)s1. The van der Waals surface area contributed by atoms with Crippen molar-refractivity contribution in [3.63, 3.8) is 0 Å². The number of carbonyl (C=O) groups excluding carboxylic acids is 1. The van der Waals surface area contributed by atoms with Crippen LogP contribution in [-0.2, 0) is 9.47 Å². The minimum absolute atomic E-state index is 0.116. The highest BCUT2D eigenvalue weighted by molar-refractivity contribution is 7.17. The zero-order valence-corrected chi connectivity index (χ0v) is 21.7. The molecule has 0 N–H and O–H groups in total. The maximum atomic E-state index is 13.4. The number of carbonyl (C=O) groups is 1. The summed E-state index contributed by atoms with van der Waals surface area (Å²) >= 11 is 7.40. The number of amides is 2. The van der Waals surface area contributed by atoms with Crippen molar-refractivity contribution in [2.45, 2.75) is 18.7 Å². The van der Waals surface area contributed by atoms with Gasteiger partial charge in [0.25, 0.3) is 0 Å². The number of aliphatic imine (C=N–C) groups is 1. The van der Waals surface area contributed by atoms with E-state index < -0.39 is 6.36 Å². The molecule has 2 amide bonds. The van der Waals surface area contributed by atoms with Crippen molar-refractivity contribution in [1.82, 2.24) is 9.80 Å². The Labute approximate surface area is 222 Å². The molecular weight excluding hydrogens is 531 g/mol. The summed E-state index contributed by atoms with van der Waals surface area (Å²) < 4.78 is 53.5. The van der Waals surface area contributed by atoms with E-state index in [9.17, 15) is 18.0 Å². The Balaban J connectivity index is 1.59. The van der Waals surface area contributed by atoms with Crippen LogP contribution in [0.1, 0.15) is 22.8 Å². The minimum atomic E-state index is -4.77. The Kier molecular flexibility index (Phi) is 8.66. The van der Waals surface area contributed by atoms with E-state index in [0.29, 0.717) is 61.7 Å². The van der Waals surface area contributed by atoms with Crippen molar-refractivity contribution in [1.29, 1.82) is 0 Å². The van der Waals surface area contributed by atoms with Crippen LogP contribution in [0.3, 0.4) is 0 Å². The molecule has 0 spiro atoms. The van der Waals surface area contributed by atoms with Crippen molar-refractivity contribution < 1.29 is 32.2 Å². The lowest BCUT2D eigenvalue weighted by atomic mass is 9.84. The van der Waals surface area contributed by atoms with Crippen molar-refractivity contribution in [2.75, 3.05) is 46.5 Å². The quantitative estimate of drug-likeness (QED) is 0.340. The van der Waals surface area contributed by atoms with Gasteiger partial charge in [-0.05, 0) is 36.2 Å². The second kappa shape index (κ2) is 11.7. The number of rotatable bonds is 5. The van der Waals surface area contributed by atoms with Crippen molar-refractivity contribution in [3.05, 3.63) is 57.8 Å². The molecule has 0 aliphatic carbocycles. The molecule has 1 aromatic carbocycles. The zero-order valence-electron chi connectivity index (χ0n) is 20.2. The minimum Gasteiger partial charge on any atom is -0.484 e. The van der Waals surface area contributed by atoms with E-state index in [1.165, 1.54) is 30.6 Å². The third-order valence-electron chi connectivity index (χ3n) is 6.25. The predicted octanol–water partition coefficient (Wildman–Crippen LogP) is 5.87. The Bertz CT molecular complexity index is 1130. The summed E-state index contributed by atoms with van der Waals surface area (Å²) in [6, 6.07) is 9.25. The maximum absolute atomic E-state index is 13.4. The molecule has 2 aliphatic rings. The largest absolute Gasteiger partial charge is 0.573 e. The van der Waals surface area contributed by atoms with Crippen LogP contribution in [0.25, 0.3) is 5.70 Å². The highest BCUT2D eigenvalue weighted by atomic mass is 35.5. The normalized spacial score (nSPS) is 21.1. The number of hydrogen-bond donors (Lipinski definition) is 0. The Hall–Kier alpha value is -2.76. The van der Waals surface area contributed by atoms with Gasteiger partial charge in [0.1, 0.15) is 5.75 Å². The summed E-state index contributed by atoms with van der Waals surface area (Å²) in [6.45, 7) is 6.77. The van der Waals surface area contributed by atoms with Crippen LogP contribution in [0.5, 0.6) is 5.75 Å². The first-order valence-corrected chi connectivity index (χ1v) is 12.9. The van der Waals surface area contributed by atoms with Crippen LogP contribution in [0.4, 0.5) is 18.0 Å². The first-order chi connectivity index (χ1) is 17.6. The van der Waals surface area contributed by atoms with Crippen LogP contribution >= 0.6 is 22.9 Å². The lowest BCUT2D eigenvalue weighted by molar-refractivity contribution is -0.274. The number of benzene rings is 1. The number of thiophene rings is 1. The zero-order chi connectivity index (χ0) is 26.6. The molecule has 7 nitrogen and oxygen atoms in total. The second-order valence-electron chi connectivity index (χ2n) is 8.74. The third kappa shape index (κ3) is 7.18. The first kappa shape index (κ1) is 27.3. The molecule has 200 valence electrons. The van der Waals surface area contributed by atoms with Gasteiger partial charge < -0.3 is 24.0 Å². The van der Waals surface area contributed by atoms with Gasteiger partial charge in [0, 0.05) is 32.1 Å². The number of ether oxygens (including phenoxy) is 3. The average molecular weight is 558 g/mol. The number of likely N-dealkylation sites (tertiary alicyclic amines) is 1. The summed E-state index contributed by atoms with van der Waals surface area (Å²) in [6.07, 6.45) is -4.19. The number of urea groups is 1. The maximum Gasteiger partial charge on any atom is 0.573 e. The molecule has 0 radical (unpaired) electrons. The topological polar surface area (TPSA) is 63.6 Å². The van der Waals surface area contributed by atoms with Crippen LogP contribution in [-0.4, -0.2) is 74.6 Å². The highest BCUT2D eigenvalue weighted by Crippen LogP contribution is 2.35. The van der Waals surface area contributed by atoms with Gasteiger partial charge in [-0.25, -0.2) is 9.79 Å². The standard InChI is InChI=1S/C25H27ClF3N3O4S/c1-16(21-7-8-22(26)37-21)30-23(34-2)19-13-18(17-3-5-20(6-4-17)36-25(27,28)29)14-32(15-19)24(33)31-9-11-35-12-10-31/h3-8,18-19H,1,9-15H2,2H3. The van der Waals surface area contributed by atoms with E-state index in [4.69, 9.17) is 21.1 Å². The average Bonchev–Trinajstić information content (AvgIpc) is 3.33. The number of piperidine rings is 1. The fourth-order valence-electron chi connectivity index (χ4n) is 4.53. The smallest absolute Gasteiger partial charge is 0.484 e. The lowest BCUT2D eigenvalue weighted by Crippen LogP contribution is -2.53. The molecule has 0 saturated carbocycles. The molecule has 2 saturated heterocycles. The summed E-state index contributed by atoms with van der Waals surface area (Å²) in [5.41, 5.74) is 1.29. The number of alkyl halides is 3. The van der Waals surface area contributed by atoms with Crippen LogP contribution in [0.15, 0.2) is 48.0 Å². The monoisotopic (exact) mass is 557 g/mol. The fourth-order valence-corrected chi connectivity index (χ4v) is 5.49. The molecule has 3 heterocycles. The van der Waals surface area contributed by atoms with E-state index in [0.717, 1.165) is 10.4 Å². The van der Waals surface area contributed by atoms with Gasteiger partial charge in [-0.3, -0.25) is 0 Å². The van der Waals surface area contributed by atoms with Crippen molar-refractivity contribution >= 4 is 40.6 Å². The van der Waals surface area contributed by atoms with Crippen LogP contribution < -0.4 is 4.74 Å². The Morgan fingerprint density at radius 3 is 2.43 bits per heavy atom. The molecule has 4 rings (SSSR count). The highest BCUT2D eigenvalue weighted by Gasteiger charge is 2.36. The molecule has 2 fully saturated rings. The number of morpholine rings is 1. The van der Waals surface area contributed by atoms with Gasteiger partial charge in [0.2, 0.25) is 0 Å². The van der Waals surface area contributed by atoms with Gasteiger partial charge in [0.15, 0.2) is 5.90 Å². The van der Waals surface area contributed by atoms with Crippen LogP contribution in [0, 0.1) is 5.92 Å². The van der Waals surface area contributed by atoms with Crippen molar-refractivity contribution in [3.8, 4) is 5.75 Å². The molecular formula is C25H27ClF3N3O4S. The van der Waals surface area contributed by atoms with Gasteiger partial charge in [-0.2, -0.15) is 0 Å². The molecule has 37 heavy (non-hydrogen) atoms. The van der Waals surface area contributed by atoms with Gasteiger partial charge in [-0.15, -0.1) is 24.5 Å². The third-order valence-corrected chi connectivity index (χ3v) is 7.53. The Morgan fingerprint density at radius 2 is 1.84 bits per heavy atom.